The fourth-order valence-electron chi connectivity index (χ4n) is 3.17. The van der Waals surface area contributed by atoms with Gasteiger partial charge in [-0.2, -0.15) is 0 Å². The summed E-state index contributed by atoms with van der Waals surface area (Å²) in [5, 5.41) is 2.21. The summed E-state index contributed by atoms with van der Waals surface area (Å²) < 4.78 is 5.17. The summed E-state index contributed by atoms with van der Waals surface area (Å²) >= 11 is 0. The first-order chi connectivity index (χ1) is 10.7. The molecule has 0 radical (unpaired) electrons. The molecule has 1 heterocycles. The van der Waals surface area contributed by atoms with Crippen molar-refractivity contribution in [1.82, 2.24) is 0 Å². The van der Waals surface area contributed by atoms with Crippen molar-refractivity contribution in [2.24, 2.45) is 5.92 Å². The highest BCUT2D eigenvalue weighted by Gasteiger charge is 2.27. The summed E-state index contributed by atoms with van der Waals surface area (Å²) in [7, 11) is 0. The molecule has 0 aromatic heterocycles. The number of fused-ring (bicyclic) bond motifs is 1. The van der Waals surface area contributed by atoms with Gasteiger partial charge in [-0.1, -0.05) is 24.3 Å². The van der Waals surface area contributed by atoms with E-state index in [4.69, 9.17) is 10.5 Å². The zero-order chi connectivity index (χ0) is 15.5. The average Bonchev–Trinajstić information content (AvgIpc) is 2.55. The van der Waals surface area contributed by atoms with Crippen molar-refractivity contribution in [3.05, 3.63) is 36.4 Å². The van der Waals surface area contributed by atoms with E-state index >= 15 is 0 Å². The molecular weight excluding hydrogens is 276 g/mol. The highest BCUT2D eigenvalue weighted by atomic mass is 16.5. The number of benzene rings is 2. The molecule has 2 aromatic carbocycles. The zero-order valence-corrected chi connectivity index (χ0v) is 12.9. The third-order valence-corrected chi connectivity index (χ3v) is 4.29. The number of anilines is 2. The lowest BCUT2D eigenvalue weighted by Gasteiger charge is -2.33. The van der Waals surface area contributed by atoms with Crippen LogP contribution in [0.1, 0.15) is 19.8 Å². The lowest BCUT2D eigenvalue weighted by Crippen LogP contribution is -2.39. The number of piperidine rings is 1. The molecule has 1 saturated heterocycles. The fraction of sp³-hybridized carbons (Fsp3) is 0.389. The van der Waals surface area contributed by atoms with E-state index in [1.807, 2.05) is 31.2 Å². The third kappa shape index (κ3) is 2.86. The molecule has 1 atom stereocenters. The second kappa shape index (κ2) is 6.26. The molecule has 2 N–H and O–H groups in total. The van der Waals surface area contributed by atoms with Gasteiger partial charge in [0.25, 0.3) is 0 Å². The minimum Gasteiger partial charge on any atom is -0.466 e. The van der Waals surface area contributed by atoms with Crippen molar-refractivity contribution in [2.75, 3.05) is 30.3 Å². The fourth-order valence-corrected chi connectivity index (χ4v) is 3.17. The Bertz CT molecular complexity index is 684. The molecule has 0 unspecified atom stereocenters. The van der Waals surface area contributed by atoms with E-state index in [1.54, 1.807) is 0 Å². The highest BCUT2D eigenvalue weighted by molar-refractivity contribution is 5.96. The molecule has 0 amide bonds. The first kappa shape index (κ1) is 14.7. The standard InChI is InChI=1S/C18H22N2O2/c1-2-22-18(21)14-7-5-9-20(12-14)15-10-13-6-3-4-8-16(13)17(19)11-15/h3-4,6,8,10-11,14H,2,5,7,9,12,19H2,1H3/t14-/m0/s1. The SMILES string of the molecule is CCOC(=O)[C@H]1CCCN(c2cc(N)c3ccccc3c2)C1. The summed E-state index contributed by atoms with van der Waals surface area (Å²) in [6.45, 7) is 3.95. The Kier molecular flexibility index (Phi) is 4.18. The molecular formula is C18H22N2O2. The van der Waals surface area contributed by atoms with Crippen LogP contribution in [0.15, 0.2) is 36.4 Å². The Labute approximate surface area is 130 Å². The number of hydrogen-bond donors (Lipinski definition) is 1. The quantitative estimate of drug-likeness (QED) is 0.698. The molecule has 2 aromatic rings. The largest absolute Gasteiger partial charge is 0.466 e. The van der Waals surface area contributed by atoms with Gasteiger partial charge in [0, 0.05) is 29.9 Å². The van der Waals surface area contributed by atoms with Crippen LogP contribution >= 0.6 is 0 Å². The molecule has 0 aliphatic carbocycles. The van der Waals surface area contributed by atoms with E-state index in [1.165, 1.54) is 0 Å². The van der Waals surface area contributed by atoms with E-state index < -0.39 is 0 Å². The minimum absolute atomic E-state index is 0.0404. The second-order valence-electron chi connectivity index (χ2n) is 5.79. The van der Waals surface area contributed by atoms with Crippen LogP contribution in [0.5, 0.6) is 0 Å². The van der Waals surface area contributed by atoms with E-state index in [2.05, 4.69) is 17.0 Å². The van der Waals surface area contributed by atoms with Gasteiger partial charge in [0.15, 0.2) is 0 Å². The van der Waals surface area contributed by atoms with Gasteiger partial charge < -0.3 is 15.4 Å². The van der Waals surface area contributed by atoms with Gasteiger partial charge in [0.1, 0.15) is 0 Å². The maximum atomic E-state index is 12.0. The lowest BCUT2D eigenvalue weighted by atomic mass is 9.97. The molecule has 4 heteroatoms. The maximum absolute atomic E-state index is 12.0. The highest BCUT2D eigenvalue weighted by Crippen LogP contribution is 2.30. The molecule has 0 spiro atoms. The number of nitrogens with two attached hydrogens (primary N) is 1. The first-order valence-electron chi connectivity index (χ1n) is 7.89. The molecule has 1 fully saturated rings. The van der Waals surface area contributed by atoms with Crippen LogP contribution in [-0.2, 0) is 9.53 Å². The molecule has 0 saturated carbocycles. The van der Waals surface area contributed by atoms with Gasteiger partial charge in [-0.05, 0) is 37.3 Å². The molecule has 1 aliphatic rings. The van der Waals surface area contributed by atoms with Crippen LogP contribution in [0.25, 0.3) is 10.8 Å². The lowest BCUT2D eigenvalue weighted by molar-refractivity contribution is -0.148. The van der Waals surface area contributed by atoms with Crippen LogP contribution in [-0.4, -0.2) is 25.7 Å². The van der Waals surface area contributed by atoms with E-state index in [0.717, 1.165) is 41.5 Å². The molecule has 3 rings (SSSR count). The molecule has 1 aliphatic heterocycles. The number of rotatable bonds is 3. The van der Waals surface area contributed by atoms with Gasteiger partial charge in [-0.15, -0.1) is 0 Å². The van der Waals surface area contributed by atoms with Crippen molar-refractivity contribution in [1.29, 1.82) is 0 Å². The Balaban J connectivity index is 1.85. The van der Waals surface area contributed by atoms with Crippen molar-refractivity contribution in [3.63, 3.8) is 0 Å². The van der Waals surface area contributed by atoms with Gasteiger partial charge in [-0.25, -0.2) is 0 Å². The zero-order valence-electron chi connectivity index (χ0n) is 12.9. The Morgan fingerprint density at radius 1 is 1.36 bits per heavy atom. The number of nitrogens with zero attached hydrogens (tertiary/aromatic N) is 1. The van der Waals surface area contributed by atoms with Crippen LogP contribution < -0.4 is 10.6 Å². The smallest absolute Gasteiger partial charge is 0.310 e. The first-order valence-corrected chi connectivity index (χ1v) is 7.89. The number of nitrogen functional groups attached to an aromatic ring is 1. The van der Waals surface area contributed by atoms with Gasteiger partial charge in [0.05, 0.1) is 12.5 Å². The van der Waals surface area contributed by atoms with Gasteiger partial charge in [0.2, 0.25) is 0 Å². The Morgan fingerprint density at radius 2 is 2.18 bits per heavy atom. The van der Waals surface area contributed by atoms with E-state index in [9.17, 15) is 4.79 Å². The van der Waals surface area contributed by atoms with Crippen molar-refractivity contribution in [2.45, 2.75) is 19.8 Å². The number of ether oxygens (including phenoxy) is 1. The number of carbonyl (C=O) groups excluding carboxylic acids is 1. The van der Waals surface area contributed by atoms with Crippen LogP contribution in [0.4, 0.5) is 11.4 Å². The summed E-state index contributed by atoms with van der Waals surface area (Å²) in [5.74, 6) is -0.123. The maximum Gasteiger partial charge on any atom is 0.310 e. The van der Waals surface area contributed by atoms with Gasteiger partial charge in [-0.3, -0.25) is 4.79 Å². The molecule has 22 heavy (non-hydrogen) atoms. The molecule has 116 valence electrons. The average molecular weight is 298 g/mol. The monoisotopic (exact) mass is 298 g/mol. The van der Waals surface area contributed by atoms with Crippen LogP contribution in [0.2, 0.25) is 0 Å². The number of carbonyl (C=O) groups is 1. The predicted octanol–water partition coefficient (Wildman–Crippen LogP) is 3.20. The van der Waals surface area contributed by atoms with E-state index in [-0.39, 0.29) is 11.9 Å². The predicted molar refractivity (Wildman–Crippen MR) is 89.9 cm³/mol. The topological polar surface area (TPSA) is 55.6 Å². The molecule has 4 nitrogen and oxygen atoms in total. The second-order valence-corrected chi connectivity index (χ2v) is 5.79. The Morgan fingerprint density at radius 3 is 3.00 bits per heavy atom. The Hall–Kier alpha value is -2.23. The van der Waals surface area contributed by atoms with Crippen molar-refractivity contribution < 1.29 is 9.53 Å². The summed E-state index contributed by atoms with van der Waals surface area (Å²) in [4.78, 5) is 14.2. The third-order valence-electron chi connectivity index (χ3n) is 4.29. The summed E-state index contributed by atoms with van der Waals surface area (Å²) in [5.41, 5.74) is 8.06. The molecule has 0 bridgehead atoms. The number of hydrogen-bond acceptors (Lipinski definition) is 4. The summed E-state index contributed by atoms with van der Waals surface area (Å²) in [6.07, 6.45) is 1.90. The normalized spacial score (nSPS) is 18.4. The summed E-state index contributed by atoms with van der Waals surface area (Å²) in [6, 6.07) is 12.3. The van der Waals surface area contributed by atoms with E-state index in [0.29, 0.717) is 13.2 Å². The van der Waals surface area contributed by atoms with Crippen molar-refractivity contribution >= 4 is 28.1 Å². The van der Waals surface area contributed by atoms with Crippen LogP contribution in [0, 0.1) is 5.92 Å². The van der Waals surface area contributed by atoms with Crippen molar-refractivity contribution in [3.8, 4) is 0 Å². The van der Waals surface area contributed by atoms with Gasteiger partial charge >= 0.3 is 5.97 Å². The number of esters is 1. The minimum atomic E-state index is -0.0824. The van der Waals surface area contributed by atoms with Crippen LogP contribution in [0.3, 0.4) is 0 Å².